The standard InChI is InChI=1S/C19H25N5O4/c1-19(2,3)28-18(26)23-9-6-14(7-10-23)24-12-13(11-21-24)16-20-8-5-15(22-16)17(25)27-4/h5,8,11-12,14H,6-7,9-10H2,1-4H3. The molecule has 0 aromatic carbocycles. The molecule has 0 saturated carbocycles. The molecule has 2 aromatic rings. The first-order valence-corrected chi connectivity index (χ1v) is 9.20. The molecule has 2 aromatic heterocycles. The largest absolute Gasteiger partial charge is 0.464 e. The number of carbonyl (C=O) groups excluding carboxylic acids is 2. The summed E-state index contributed by atoms with van der Waals surface area (Å²) in [5.41, 5.74) is 0.426. The molecule has 3 heterocycles. The minimum atomic E-state index is -0.509. The Hall–Kier alpha value is -2.97. The fourth-order valence-corrected chi connectivity index (χ4v) is 3.01. The van der Waals surface area contributed by atoms with Crippen molar-refractivity contribution >= 4 is 12.1 Å². The molecule has 0 atom stereocenters. The van der Waals surface area contributed by atoms with Crippen LogP contribution in [0, 0.1) is 0 Å². The van der Waals surface area contributed by atoms with E-state index >= 15 is 0 Å². The van der Waals surface area contributed by atoms with Crippen LogP contribution in [0.15, 0.2) is 24.7 Å². The molecule has 1 amide bonds. The van der Waals surface area contributed by atoms with Crippen LogP contribution in [0.4, 0.5) is 4.79 Å². The number of ether oxygens (including phenoxy) is 2. The number of amides is 1. The van der Waals surface area contributed by atoms with Gasteiger partial charge in [-0.25, -0.2) is 19.6 Å². The number of piperidine rings is 1. The highest BCUT2D eigenvalue weighted by atomic mass is 16.6. The van der Waals surface area contributed by atoms with E-state index in [0.717, 1.165) is 18.4 Å². The molecule has 0 radical (unpaired) electrons. The van der Waals surface area contributed by atoms with Crippen molar-refractivity contribution in [2.75, 3.05) is 20.2 Å². The molecular formula is C19H25N5O4. The van der Waals surface area contributed by atoms with Gasteiger partial charge in [0.1, 0.15) is 5.60 Å². The lowest BCUT2D eigenvalue weighted by Crippen LogP contribution is -2.42. The minimum absolute atomic E-state index is 0.177. The molecule has 28 heavy (non-hydrogen) atoms. The summed E-state index contributed by atoms with van der Waals surface area (Å²) >= 11 is 0. The Labute approximate surface area is 163 Å². The highest BCUT2D eigenvalue weighted by Gasteiger charge is 2.28. The van der Waals surface area contributed by atoms with Crippen molar-refractivity contribution in [3.05, 3.63) is 30.4 Å². The van der Waals surface area contributed by atoms with Crippen LogP contribution in [0.25, 0.3) is 11.4 Å². The van der Waals surface area contributed by atoms with Crippen LogP contribution in [0.5, 0.6) is 0 Å². The van der Waals surface area contributed by atoms with Crippen LogP contribution >= 0.6 is 0 Å². The summed E-state index contributed by atoms with van der Waals surface area (Å²) in [5, 5.41) is 4.43. The third kappa shape index (κ3) is 4.65. The molecule has 1 aliphatic heterocycles. The van der Waals surface area contributed by atoms with Crippen molar-refractivity contribution in [2.45, 2.75) is 45.3 Å². The topological polar surface area (TPSA) is 99.4 Å². The van der Waals surface area contributed by atoms with Gasteiger partial charge in [-0.1, -0.05) is 0 Å². The van der Waals surface area contributed by atoms with Crippen LogP contribution < -0.4 is 0 Å². The first-order valence-electron chi connectivity index (χ1n) is 9.20. The third-order valence-corrected chi connectivity index (χ3v) is 4.40. The van der Waals surface area contributed by atoms with Crippen LogP contribution in [0.1, 0.15) is 50.1 Å². The summed E-state index contributed by atoms with van der Waals surface area (Å²) in [4.78, 5) is 34.0. The van der Waals surface area contributed by atoms with Gasteiger partial charge in [-0.3, -0.25) is 4.68 Å². The molecule has 0 bridgehead atoms. The molecule has 1 aliphatic rings. The number of rotatable bonds is 3. The van der Waals surface area contributed by atoms with E-state index in [-0.39, 0.29) is 17.8 Å². The molecule has 0 N–H and O–H groups in total. The van der Waals surface area contributed by atoms with Crippen molar-refractivity contribution in [1.29, 1.82) is 0 Å². The average Bonchev–Trinajstić information content (AvgIpc) is 3.16. The van der Waals surface area contributed by atoms with Gasteiger partial charge < -0.3 is 14.4 Å². The third-order valence-electron chi connectivity index (χ3n) is 4.40. The van der Waals surface area contributed by atoms with E-state index in [2.05, 4.69) is 15.1 Å². The molecule has 150 valence electrons. The Morgan fingerprint density at radius 1 is 1.21 bits per heavy atom. The van der Waals surface area contributed by atoms with Crippen molar-refractivity contribution in [1.82, 2.24) is 24.6 Å². The van der Waals surface area contributed by atoms with Crippen molar-refractivity contribution < 1.29 is 19.1 Å². The summed E-state index contributed by atoms with van der Waals surface area (Å²) in [6.07, 6.45) is 6.35. The Kier molecular flexibility index (Phi) is 5.62. The number of methoxy groups -OCH3 is 1. The second kappa shape index (κ2) is 7.95. The molecule has 9 nitrogen and oxygen atoms in total. The summed E-state index contributed by atoms with van der Waals surface area (Å²) < 4.78 is 12.0. The van der Waals surface area contributed by atoms with Crippen LogP contribution in [-0.4, -0.2) is 62.5 Å². The molecule has 1 fully saturated rings. The van der Waals surface area contributed by atoms with Crippen molar-refractivity contribution in [3.63, 3.8) is 0 Å². The molecule has 0 aliphatic carbocycles. The lowest BCUT2D eigenvalue weighted by Gasteiger charge is -2.33. The fraction of sp³-hybridized carbons (Fsp3) is 0.526. The zero-order valence-electron chi connectivity index (χ0n) is 16.6. The van der Waals surface area contributed by atoms with Crippen LogP contribution in [0.2, 0.25) is 0 Å². The lowest BCUT2D eigenvalue weighted by molar-refractivity contribution is 0.0184. The second-order valence-electron chi connectivity index (χ2n) is 7.66. The van der Waals surface area contributed by atoms with Gasteiger partial charge >= 0.3 is 12.1 Å². The fourth-order valence-electron chi connectivity index (χ4n) is 3.01. The average molecular weight is 387 g/mol. The van der Waals surface area contributed by atoms with Gasteiger partial charge in [0.05, 0.1) is 24.9 Å². The van der Waals surface area contributed by atoms with Gasteiger partial charge in [0.25, 0.3) is 0 Å². The van der Waals surface area contributed by atoms with E-state index in [1.807, 2.05) is 31.6 Å². The first-order chi connectivity index (χ1) is 13.3. The zero-order valence-corrected chi connectivity index (χ0v) is 16.6. The number of carbonyl (C=O) groups is 2. The lowest BCUT2D eigenvalue weighted by atomic mass is 10.1. The van der Waals surface area contributed by atoms with Gasteiger partial charge in [0.15, 0.2) is 11.5 Å². The van der Waals surface area contributed by atoms with Crippen LogP contribution in [0.3, 0.4) is 0 Å². The monoisotopic (exact) mass is 387 g/mol. The molecule has 1 saturated heterocycles. The predicted octanol–water partition coefficient (Wildman–Crippen LogP) is 2.70. The highest BCUT2D eigenvalue weighted by molar-refractivity contribution is 5.87. The predicted molar refractivity (Wildman–Crippen MR) is 101 cm³/mol. The smallest absolute Gasteiger partial charge is 0.410 e. The normalized spacial score (nSPS) is 15.4. The number of esters is 1. The molecule has 9 heteroatoms. The molecular weight excluding hydrogens is 362 g/mol. The van der Waals surface area contributed by atoms with E-state index < -0.39 is 11.6 Å². The second-order valence-corrected chi connectivity index (χ2v) is 7.66. The van der Waals surface area contributed by atoms with Crippen LogP contribution in [-0.2, 0) is 9.47 Å². The Morgan fingerprint density at radius 3 is 2.57 bits per heavy atom. The maximum absolute atomic E-state index is 12.2. The first kappa shape index (κ1) is 19.8. The molecule has 0 unspecified atom stereocenters. The minimum Gasteiger partial charge on any atom is -0.464 e. The highest BCUT2D eigenvalue weighted by Crippen LogP contribution is 2.25. The van der Waals surface area contributed by atoms with Gasteiger partial charge in [-0.2, -0.15) is 5.10 Å². The number of hydrogen-bond donors (Lipinski definition) is 0. The summed E-state index contributed by atoms with van der Waals surface area (Å²) in [6.45, 7) is 6.81. The number of nitrogens with zero attached hydrogens (tertiary/aromatic N) is 5. The Morgan fingerprint density at radius 2 is 1.93 bits per heavy atom. The van der Waals surface area contributed by atoms with Crippen molar-refractivity contribution in [2.24, 2.45) is 0 Å². The Bertz CT molecular complexity index is 850. The molecule has 0 spiro atoms. The van der Waals surface area contributed by atoms with Gasteiger partial charge in [0, 0.05) is 25.5 Å². The Balaban J connectivity index is 1.64. The van der Waals surface area contributed by atoms with Gasteiger partial charge in [-0.15, -0.1) is 0 Å². The maximum atomic E-state index is 12.2. The number of hydrogen-bond acceptors (Lipinski definition) is 7. The van der Waals surface area contributed by atoms with E-state index in [0.29, 0.717) is 18.9 Å². The molecule has 3 rings (SSSR count). The number of aromatic nitrogens is 4. The summed E-state index contributed by atoms with van der Waals surface area (Å²) in [6, 6.07) is 1.68. The van der Waals surface area contributed by atoms with Gasteiger partial charge in [-0.05, 0) is 39.7 Å². The summed E-state index contributed by atoms with van der Waals surface area (Å²) in [7, 11) is 1.31. The zero-order chi connectivity index (χ0) is 20.3. The van der Waals surface area contributed by atoms with E-state index in [1.165, 1.54) is 19.4 Å². The van der Waals surface area contributed by atoms with E-state index in [4.69, 9.17) is 9.47 Å². The summed E-state index contributed by atoms with van der Waals surface area (Å²) in [5.74, 6) is -0.0918. The quantitative estimate of drug-likeness (QED) is 0.747. The van der Waals surface area contributed by atoms with E-state index in [9.17, 15) is 9.59 Å². The van der Waals surface area contributed by atoms with Crippen molar-refractivity contribution in [3.8, 4) is 11.4 Å². The van der Waals surface area contributed by atoms with Gasteiger partial charge in [0.2, 0.25) is 0 Å². The van der Waals surface area contributed by atoms with E-state index in [1.54, 1.807) is 11.1 Å². The number of likely N-dealkylation sites (tertiary alicyclic amines) is 1. The SMILES string of the molecule is COC(=O)c1ccnc(-c2cnn(C3CCN(C(=O)OC(C)(C)C)CC3)c2)n1. The maximum Gasteiger partial charge on any atom is 0.410 e.